The van der Waals surface area contributed by atoms with Crippen LogP contribution in [-0.2, 0) is 0 Å². The number of phenols is 5. The lowest BCUT2D eigenvalue weighted by atomic mass is 9.77. The van der Waals surface area contributed by atoms with E-state index in [-0.39, 0.29) is 40.6 Å². The summed E-state index contributed by atoms with van der Waals surface area (Å²) < 4.78 is 0. The van der Waals surface area contributed by atoms with Crippen LogP contribution >= 0.6 is 0 Å². The van der Waals surface area contributed by atoms with Crippen LogP contribution in [0.5, 0.6) is 28.7 Å². The first-order chi connectivity index (χ1) is 17.4. The van der Waals surface area contributed by atoms with Gasteiger partial charge in [0.15, 0.2) is 0 Å². The van der Waals surface area contributed by atoms with E-state index in [0.717, 1.165) is 68.1 Å². The highest BCUT2D eigenvalue weighted by Crippen LogP contribution is 2.48. The lowest BCUT2D eigenvalue weighted by Gasteiger charge is -2.28. The molecule has 2 aliphatic rings. The Morgan fingerprint density at radius 2 is 0.917 bits per heavy atom. The molecule has 2 saturated carbocycles. The minimum Gasteiger partial charge on any atom is -0.508 e. The Labute approximate surface area is 212 Å². The van der Waals surface area contributed by atoms with Crippen LogP contribution < -0.4 is 0 Å². The van der Waals surface area contributed by atoms with Crippen molar-refractivity contribution in [3.8, 4) is 28.7 Å². The Bertz CT molecular complexity index is 1130. The number of aromatic hydroxyl groups is 5. The lowest BCUT2D eigenvalue weighted by Crippen LogP contribution is -2.10. The molecule has 0 aromatic heterocycles. The molecule has 0 radical (unpaired) electrons. The fraction of sp³-hybridized carbons (Fsp3) is 0.419. The second-order valence-electron chi connectivity index (χ2n) is 10.6. The molecule has 0 aliphatic heterocycles. The van der Waals surface area contributed by atoms with Gasteiger partial charge in [-0.1, -0.05) is 50.7 Å². The van der Waals surface area contributed by atoms with Crippen molar-refractivity contribution in [2.75, 3.05) is 0 Å². The van der Waals surface area contributed by atoms with Crippen LogP contribution in [-0.4, -0.2) is 25.5 Å². The van der Waals surface area contributed by atoms with Gasteiger partial charge < -0.3 is 25.5 Å². The first-order valence-electron chi connectivity index (χ1n) is 13.3. The second-order valence-corrected chi connectivity index (χ2v) is 10.6. The molecule has 2 aliphatic carbocycles. The molecule has 0 unspecified atom stereocenters. The third-order valence-corrected chi connectivity index (χ3v) is 8.29. The van der Waals surface area contributed by atoms with Gasteiger partial charge in [-0.05, 0) is 78.5 Å². The zero-order valence-electron chi connectivity index (χ0n) is 20.7. The first-order valence-corrected chi connectivity index (χ1v) is 13.3. The van der Waals surface area contributed by atoms with E-state index in [9.17, 15) is 25.5 Å². The van der Waals surface area contributed by atoms with Gasteiger partial charge in [0.1, 0.15) is 28.7 Å². The Balaban J connectivity index is 1.67. The summed E-state index contributed by atoms with van der Waals surface area (Å²) in [5.41, 5.74) is 3.64. The van der Waals surface area contributed by atoms with Crippen molar-refractivity contribution < 1.29 is 25.5 Å². The van der Waals surface area contributed by atoms with Crippen molar-refractivity contribution >= 4 is 0 Å². The second kappa shape index (κ2) is 10.3. The number of hydrogen-bond donors (Lipinski definition) is 5. The third-order valence-electron chi connectivity index (χ3n) is 8.29. The van der Waals surface area contributed by atoms with Crippen molar-refractivity contribution in [1.82, 2.24) is 0 Å². The number of benzene rings is 3. The van der Waals surface area contributed by atoms with Crippen LogP contribution in [0.15, 0.2) is 48.5 Å². The van der Waals surface area contributed by atoms with E-state index < -0.39 is 5.92 Å². The van der Waals surface area contributed by atoms with Crippen molar-refractivity contribution in [3.05, 3.63) is 76.3 Å². The van der Waals surface area contributed by atoms with Gasteiger partial charge in [0.05, 0.1) is 0 Å². The van der Waals surface area contributed by atoms with E-state index in [2.05, 4.69) is 0 Å². The molecule has 5 heteroatoms. The van der Waals surface area contributed by atoms with Gasteiger partial charge in [-0.2, -0.15) is 0 Å². The highest BCUT2D eigenvalue weighted by Gasteiger charge is 2.29. The van der Waals surface area contributed by atoms with Crippen molar-refractivity contribution in [3.63, 3.8) is 0 Å². The number of phenolic OH excluding ortho intramolecular Hbond substituents is 5. The summed E-state index contributed by atoms with van der Waals surface area (Å²) in [6.07, 6.45) is 10.9. The standard InChI is InChI=1S/C31H36O5/c32-22-13-11-21(12-14-22)31(25-15-23(27(33)17-29(25)35)19-7-3-1-4-8-19)26-16-24(28(34)18-30(26)36)20-9-5-2-6-10-20/h11-20,31-36H,1-10H2. The molecule has 3 aromatic rings. The Morgan fingerprint density at radius 1 is 0.500 bits per heavy atom. The Hall–Kier alpha value is -3.34. The van der Waals surface area contributed by atoms with Gasteiger partial charge in [-0.15, -0.1) is 0 Å². The van der Waals surface area contributed by atoms with Crippen LogP contribution in [0.25, 0.3) is 0 Å². The highest BCUT2D eigenvalue weighted by molar-refractivity contribution is 5.59. The molecule has 36 heavy (non-hydrogen) atoms. The zero-order valence-corrected chi connectivity index (χ0v) is 20.7. The maximum Gasteiger partial charge on any atom is 0.123 e. The monoisotopic (exact) mass is 488 g/mol. The van der Waals surface area contributed by atoms with E-state index in [0.29, 0.717) is 11.1 Å². The summed E-state index contributed by atoms with van der Waals surface area (Å²) in [6, 6.07) is 13.4. The van der Waals surface area contributed by atoms with Gasteiger partial charge in [0.2, 0.25) is 0 Å². The molecule has 5 nitrogen and oxygen atoms in total. The van der Waals surface area contributed by atoms with Crippen LogP contribution in [0.1, 0.15) is 110 Å². The highest BCUT2D eigenvalue weighted by atomic mass is 16.3. The molecular weight excluding hydrogens is 452 g/mol. The predicted octanol–water partition coefficient (Wildman–Crippen LogP) is 7.49. The molecule has 5 N–H and O–H groups in total. The van der Waals surface area contributed by atoms with Crippen molar-refractivity contribution in [2.45, 2.75) is 82.0 Å². The molecule has 0 amide bonds. The smallest absolute Gasteiger partial charge is 0.123 e. The minimum absolute atomic E-state index is 0.0446. The average molecular weight is 489 g/mol. The molecular formula is C31H36O5. The van der Waals surface area contributed by atoms with E-state index in [4.69, 9.17) is 0 Å². The lowest BCUT2D eigenvalue weighted by molar-refractivity contribution is 0.405. The summed E-state index contributed by atoms with van der Waals surface area (Å²) in [4.78, 5) is 0. The molecule has 0 spiro atoms. The van der Waals surface area contributed by atoms with Gasteiger partial charge in [-0.3, -0.25) is 0 Å². The normalized spacial score (nSPS) is 17.5. The minimum atomic E-state index is -0.545. The van der Waals surface area contributed by atoms with Crippen LogP contribution in [0, 0.1) is 0 Å². The Morgan fingerprint density at radius 3 is 1.33 bits per heavy atom. The first kappa shape index (κ1) is 24.4. The number of hydrogen-bond acceptors (Lipinski definition) is 5. The topological polar surface area (TPSA) is 101 Å². The van der Waals surface area contributed by atoms with Crippen LogP contribution in [0.4, 0.5) is 0 Å². The predicted molar refractivity (Wildman–Crippen MR) is 140 cm³/mol. The van der Waals surface area contributed by atoms with Crippen molar-refractivity contribution in [1.29, 1.82) is 0 Å². The van der Waals surface area contributed by atoms with Gasteiger partial charge in [-0.25, -0.2) is 0 Å². The molecule has 0 heterocycles. The summed E-state index contributed by atoms with van der Waals surface area (Å²) in [5.74, 6) is 0.156. The fourth-order valence-electron chi connectivity index (χ4n) is 6.36. The van der Waals surface area contributed by atoms with Crippen LogP contribution in [0.2, 0.25) is 0 Å². The molecule has 0 saturated heterocycles. The Kier molecular flexibility index (Phi) is 6.99. The zero-order chi connectivity index (χ0) is 25.2. The quantitative estimate of drug-likeness (QED) is 0.240. The SMILES string of the molecule is Oc1ccc(C(c2cc(C3CCCCC3)c(O)cc2O)c2cc(C3CCCCC3)c(O)cc2O)cc1. The van der Waals surface area contributed by atoms with E-state index in [1.54, 1.807) is 24.3 Å². The maximum atomic E-state index is 11.1. The number of rotatable bonds is 5. The third kappa shape index (κ3) is 4.84. The largest absolute Gasteiger partial charge is 0.508 e. The van der Waals surface area contributed by atoms with Crippen LogP contribution in [0.3, 0.4) is 0 Å². The molecule has 5 rings (SSSR count). The molecule has 2 fully saturated rings. The van der Waals surface area contributed by atoms with E-state index in [1.807, 2.05) is 12.1 Å². The summed E-state index contributed by atoms with van der Waals surface area (Å²) in [7, 11) is 0. The molecule has 3 aromatic carbocycles. The van der Waals surface area contributed by atoms with Crippen molar-refractivity contribution in [2.24, 2.45) is 0 Å². The summed E-state index contributed by atoms with van der Waals surface area (Å²) in [5, 5.41) is 53.6. The molecule has 0 bridgehead atoms. The maximum absolute atomic E-state index is 11.1. The summed E-state index contributed by atoms with van der Waals surface area (Å²) >= 11 is 0. The summed E-state index contributed by atoms with van der Waals surface area (Å²) in [6.45, 7) is 0. The fourth-order valence-corrected chi connectivity index (χ4v) is 6.36. The van der Waals surface area contributed by atoms with Gasteiger partial charge in [0.25, 0.3) is 0 Å². The van der Waals surface area contributed by atoms with E-state index >= 15 is 0 Å². The van der Waals surface area contributed by atoms with E-state index in [1.165, 1.54) is 25.0 Å². The molecule has 190 valence electrons. The molecule has 0 atom stereocenters. The average Bonchev–Trinajstić information content (AvgIpc) is 2.88. The van der Waals surface area contributed by atoms with Gasteiger partial charge in [0, 0.05) is 29.2 Å². The van der Waals surface area contributed by atoms with Gasteiger partial charge >= 0.3 is 0 Å².